The first-order valence-corrected chi connectivity index (χ1v) is 6.27. The summed E-state index contributed by atoms with van der Waals surface area (Å²) < 4.78 is 11.1. The van der Waals surface area contributed by atoms with E-state index in [1.54, 1.807) is 0 Å². The number of hydrogen-bond acceptors (Lipinski definition) is 2. The van der Waals surface area contributed by atoms with Crippen LogP contribution >= 0.6 is 0 Å². The highest BCUT2D eigenvalue weighted by atomic mass is 16.5. The molecule has 0 atom stereocenters. The maximum atomic E-state index is 5.59. The Balaban J connectivity index is 2.18. The number of hydrogen-bond donors (Lipinski definition) is 0. The lowest BCUT2D eigenvalue weighted by molar-refractivity contribution is 0.133. The molecule has 0 bridgehead atoms. The van der Waals surface area contributed by atoms with E-state index in [0.717, 1.165) is 24.4 Å². The smallest absolute Gasteiger partial charge is 0.122 e. The van der Waals surface area contributed by atoms with Crippen molar-refractivity contribution in [1.29, 1.82) is 0 Å². The molecule has 0 saturated heterocycles. The molecule has 17 heavy (non-hydrogen) atoms. The molecule has 0 saturated carbocycles. The number of allylic oxidation sites excluding steroid dienone is 1. The molecule has 0 N–H and O–H groups in total. The van der Waals surface area contributed by atoms with Crippen LogP contribution in [0.15, 0.2) is 42.7 Å². The Labute approximate surface area is 104 Å². The lowest BCUT2D eigenvalue weighted by atomic mass is 10.0. The first-order chi connectivity index (χ1) is 8.27. The number of ether oxygens (including phenoxy) is 2. The molecule has 0 heterocycles. The molecule has 1 aromatic carbocycles. The summed E-state index contributed by atoms with van der Waals surface area (Å²) in [5.41, 5.74) is 0. The molecule has 94 valence electrons. The van der Waals surface area contributed by atoms with Gasteiger partial charge in [0, 0.05) is 5.92 Å². The molecule has 1 rings (SSSR count). The average Bonchev–Trinajstić information content (AvgIpc) is 2.37. The zero-order chi connectivity index (χ0) is 12.5. The Morgan fingerprint density at radius 2 is 1.76 bits per heavy atom. The number of benzene rings is 1. The third-order valence-corrected chi connectivity index (χ3v) is 2.82. The molecule has 0 unspecified atom stereocenters. The van der Waals surface area contributed by atoms with Gasteiger partial charge in [0.25, 0.3) is 0 Å². The van der Waals surface area contributed by atoms with Crippen molar-refractivity contribution >= 4 is 0 Å². The number of para-hydroxylation sites is 1. The standard InChI is InChI=1S/C15H22O2/c1-4-14(5-2)13(3)16-11-12-17-15-9-7-6-8-10-15/h6-10,14H,3-5,11-12H2,1-2H3. The van der Waals surface area contributed by atoms with Gasteiger partial charge in [-0.1, -0.05) is 38.6 Å². The quantitative estimate of drug-likeness (QED) is 0.499. The van der Waals surface area contributed by atoms with E-state index in [0.29, 0.717) is 19.1 Å². The summed E-state index contributed by atoms with van der Waals surface area (Å²) >= 11 is 0. The van der Waals surface area contributed by atoms with Gasteiger partial charge in [0.15, 0.2) is 0 Å². The lowest BCUT2D eigenvalue weighted by Crippen LogP contribution is -2.10. The van der Waals surface area contributed by atoms with Crippen LogP contribution in [-0.2, 0) is 4.74 Å². The van der Waals surface area contributed by atoms with Gasteiger partial charge in [-0.25, -0.2) is 0 Å². The van der Waals surface area contributed by atoms with Crippen LogP contribution in [0.5, 0.6) is 5.75 Å². The molecule has 0 aromatic heterocycles. The first-order valence-electron chi connectivity index (χ1n) is 6.27. The van der Waals surface area contributed by atoms with E-state index in [-0.39, 0.29) is 0 Å². The Morgan fingerprint density at radius 1 is 1.12 bits per heavy atom. The topological polar surface area (TPSA) is 18.5 Å². The summed E-state index contributed by atoms with van der Waals surface area (Å²) in [6, 6.07) is 9.77. The molecule has 0 aliphatic carbocycles. The van der Waals surface area contributed by atoms with Gasteiger partial charge in [-0.15, -0.1) is 0 Å². The summed E-state index contributed by atoms with van der Waals surface area (Å²) in [5, 5.41) is 0. The van der Waals surface area contributed by atoms with Crippen molar-refractivity contribution in [2.45, 2.75) is 26.7 Å². The minimum absolute atomic E-state index is 0.465. The molecule has 0 spiro atoms. The second-order valence-electron chi connectivity index (χ2n) is 3.99. The van der Waals surface area contributed by atoms with E-state index in [2.05, 4.69) is 20.4 Å². The van der Waals surface area contributed by atoms with E-state index >= 15 is 0 Å². The molecular formula is C15H22O2. The van der Waals surface area contributed by atoms with Crippen LogP contribution in [0.25, 0.3) is 0 Å². The van der Waals surface area contributed by atoms with Crippen LogP contribution in [0.3, 0.4) is 0 Å². The maximum Gasteiger partial charge on any atom is 0.122 e. The van der Waals surface area contributed by atoms with Crippen LogP contribution in [0.2, 0.25) is 0 Å². The largest absolute Gasteiger partial charge is 0.495 e. The zero-order valence-corrected chi connectivity index (χ0v) is 10.8. The Hall–Kier alpha value is -1.44. The van der Waals surface area contributed by atoms with Gasteiger partial charge in [0.2, 0.25) is 0 Å². The van der Waals surface area contributed by atoms with Gasteiger partial charge in [0.05, 0.1) is 5.76 Å². The van der Waals surface area contributed by atoms with Crippen LogP contribution in [0.4, 0.5) is 0 Å². The summed E-state index contributed by atoms with van der Waals surface area (Å²) in [4.78, 5) is 0. The van der Waals surface area contributed by atoms with Gasteiger partial charge in [-0.05, 0) is 25.0 Å². The van der Waals surface area contributed by atoms with Crippen molar-refractivity contribution in [3.05, 3.63) is 42.7 Å². The normalized spacial score (nSPS) is 10.3. The van der Waals surface area contributed by atoms with E-state index in [1.807, 2.05) is 30.3 Å². The van der Waals surface area contributed by atoms with Crippen LogP contribution in [-0.4, -0.2) is 13.2 Å². The van der Waals surface area contributed by atoms with Crippen molar-refractivity contribution in [3.8, 4) is 5.75 Å². The van der Waals surface area contributed by atoms with Gasteiger partial charge < -0.3 is 9.47 Å². The monoisotopic (exact) mass is 234 g/mol. The third kappa shape index (κ3) is 4.94. The molecule has 1 aromatic rings. The zero-order valence-electron chi connectivity index (χ0n) is 10.8. The predicted octanol–water partition coefficient (Wildman–Crippen LogP) is 4.03. The van der Waals surface area contributed by atoms with E-state index in [4.69, 9.17) is 9.47 Å². The molecular weight excluding hydrogens is 212 g/mol. The van der Waals surface area contributed by atoms with Gasteiger partial charge in [0.1, 0.15) is 19.0 Å². The van der Waals surface area contributed by atoms with Gasteiger partial charge in [-0.3, -0.25) is 0 Å². The molecule has 0 fully saturated rings. The van der Waals surface area contributed by atoms with E-state index in [1.165, 1.54) is 0 Å². The molecule has 2 heteroatoms. The third-order valence-electron chi connectivity index (χ3n) is 2.82. The number of rotatable bonds is 8. The molecule has 2 nitrogen and oxygen atoms in total. The SMILES string of the molecule is C=C(OCCOc1ccccc1)C(CC)CC. The fraction of sp³-hybridized carbons (Fsp3) is 0.467. The van der Waals surface area contributed by atoms with Crippen molar-refractivity contribution in [2.24, 2.45) is 5.92 Å². The average molecular weight is 234 g/mol. The van der Waals surface area contributed by atoms with E-state index in [9.17, 15) is 0 Å². The lowest BCUT2D eigenvalue weighted by Gasteiger charge is -2.17. The highest BCUT2D eigenvalue weighted by molar-refractivity contribution is 5.20. The van der Waals surface area contributed by atoms with Gasteiger partial charge >= 0.3 is 0 Å². The summed E-state index contributed by atoms with van der Waals surface area (Å²) in [7, 11) is 0. The van der Waals surface area contributed by atoms with Crippen LogP contribution in [0.1, 0.15) is 26.7 Å². The van der Waals surface area contributed by atoms with Crippen molar-refractivity contribution in [3.63, 3.8) is 0 Å². The molecule has 0 amide bonds. The Kier molecular flexibility index (Phi) is 6.23. The Morgan fingerprint density at radius 3 is 2.35 bits per heavy atom. The second kappa shape index (κ2) is 7.77. The highest BCUT2D eigenvalue weighted by Gasteiger charge is 2.08. The fourth-order valence-electron chi connectivity index (χ4n) is 1.71. The molecule has 0 aliphatic rings. The summed E-state index contributed by atoms with van der Waals surface area (Å²) in [6.07, 6.45) is 2.16. The predicted molar refractivity (Wildman–Crippen MR) is 71.1 cm³/mol. The molecule has 0 radical (unpaired) electrons. The van der Waals surface area contributed by atoms with Crippen LogP contribution < -0.4 is 4.74 Å². The summed E-state index contributed by atoms with van der Waals surface area (Å²) in [5.74, 6) is 2.22. The minimum Gasteiger partial charge on any atom is -0.495 e. The van der Waals surface area contributed by atoms with Gasteiger partial charge in [-0.2, -0.15) is 0 Å². The Bertz CT molecular complexity index is 315. The fourth-order valence-corrected chi connectivity index (χ4v) is 1.71. The first kappa shape index (κ1) is 13.6. The second-order valence-corrected chi connectivity index (χ2v) is 3.99. The van der Waals surface area contributed by atoms with Crippen molar-refractivity contribution < 1.29 is 9.47 Å². The maximum absolute atomic E-state index is 5.59. The van der Waals surface area contributed by atoms with Crippen molar-refractivity contribution in [2.75, 3.05) is 13.2 Å². The molecule has 0 aliphatic heterocycles. The highest BCUT2D eigenvalue weighted by Crippen LogP contribution is 2.18. The minimum atomic E-state index is 0.465. The van der Waals surface area contributed by atoms with E-state index < -0.39 is 0 Å². The van der Waals surface area contributed by atoms with Crippen molar-refractivity contribution in [1.82, 2.24) is 0 Å². The van der Waals surface area contributed by atoms with Crippen LogP contribution in [0, 0.1) is 5.92 Å². The summed E-state index contributed by atoms with van der Waals surface area (Å²) in [6.45, 7) is 9.39.